The van der Waals surface area contributed by atoms with Crippen molar-refractivity contribution in [3.8, 4) is 0 Å². The van der Waals surface area contributed by atoms with Crippen LogP contribution in [0, 0.1) is 11.7 Å². The minimum atomic E-state index is -0.571. The van der Waals surface area contributed by atoms with Gasteiger partial charge in [-0.15, -0.1) is 0 Å². The molecule has 1 aliphatic heterocycles. The summed E-state index contributed by atoms with van der Waals surface area (Å²) in [5, 5.41) is 3.14. The van der Waals surface area contributed by atoms with Gasteiger partial charge in [-0.2, -0.15) is 11.8 Å². The Hall–Kier alpha value is -2.74. The molecule has 1 aromatic heterocycles. The number of hydrogen-bond donors (Lipinski definition) is 1. The zero-order chi connectivity index (χ0) is 27.5. The molecule has 0 bridgehead atoms. The second-order valence-corrected chi connectivity index (χ2v) is 12.1. The molecule has 0 atom stereocenters. The van der Waals surface area contributed by atoms with E-state index in [1.807, 2.05) is 17.8 Å². The third-order valence-electron chi connectivity index (χ3n) is 8.01. The van der Waals surface area contributed by atoms with Crippen LogP contribution in [0.25, 0.3) is 0 Å². The van der Waals surface area contributed by atoms with Gasteiger partial charge in [-0.25, -0.2) is 4.39 Å². The number of aromatic nitrogens is 1. The van der Waals surface area contributed by atoms with Crippen molar-refractivity contribution in [3.05, 3.63) is 65.2 Å². The van der Waals surface area contributed by atoms with E-state index in [-0.39, 0.29) is 23.6 Å². The molecule has 2 fully saturated rings. The Bertz CT molecular complexity index is 1090. The molecule has 2 aromatic rings. The fourth-order valence-corrected chi connectivity index (χ4v) is 6.92. The van der Waals surface area contributed by atoms with Crippen LogP contribution in [0.5, 0.6) is 0 Å². The number of rotatable bonds is 12. The molecular formula is C31H40FN3O3S. The lowest BCUT2D eigenvalue weighted by atomic mass is 9.89. The topological polar surface area (TPSA) is 79.4 Å². The van der Waals surface area contributed by atoms with Crippen LogP contribution < -0.4 is 5.32 Å². The van der Waals surface area contributed by atoms with Crippen molar-refractivity contribution >= 4 is 30.0 Å². The first-order valence-electron chi connectivity index (χ1n) is 14.4. The molecule has 4 rings (SSSR count). The van der Waals surface area contributed by atoms with Gasteiger partial charge in [0.2, 0.25) is 12.3 Å². The normalized spacial score (nSPS) is 19.8. The smallest absolute Gasteiger partial charge is 0.262 e. The Balaban J connectivity index is 1.23. The predicted octanol–water partition coefficient (Wildman–Crippen LogP) is 5.74. The summed E-state index contributed by atoms with van der Waals surface area (Å²) >= 11 is 1.93. The molecule has 0 spiro atoms. The number of hydrogen-bond acceptors (Lipinski definition) is 5. The first-order chi connectivity index (χ1) is 19.0. The number of halogens is 1. The van der Waals surface area contributed by atoms with E-state index in [0.29, 0.717) is 56.5 Å². The molecule has 8 heteroatoms. The Morgan fingerprint density at radius 3 is 2.49 bits per heavy atom. The Morgan fingerprint density at radius 2 is 1.77 bits per heavy atom. The first-order valence-corrected chi connectivity index (χ1v) is 15.5. The molecule has 3 amide bonds. The van der Waals surface area contributed by atoms with Crippen LogP contribution in [0.15, 0.2) is 42.6 Å². The van der Waals surface area contributed by atoms with E-state index >= 15 is 0 Å². The van der Waals surface area contributed by atoms with E-state index in [9.17, 15) is 18.8 Å². The van der Waals surface area contributed by atoms with Gasteiger partial charge in [0.25, 0.3) is 5.91 Å². The third-order valence-corrected chi connectivity index (χ3v) is 9.05. The molecule has 0 unspecified atom stereocenters. The van der Waals surface area contributed by atoms with Gasteiger partial charge in [0, 0.05) is 18.5 Å². The summed E-state index contributed by atoms with van der Waals surface area (Å²) in [6.45, 7) is 0. The molecule has 1 saturated heterocycles. The Labute approximate surface area is 235 Å². The van der Waals surface area contributed by atoms with Crippen molar-refractivity contribution < 1.29 is 18.8 Å². The lowest BCUT2D eigenvalue weighted by Gasteiger charge is -2.34. The molecule has 1 saturated carbocycles. The molecule has 2 aliphatic rings. The molecule has 0 radical (unpaired) electrons. The number of thioether (sulfide) groups is 1. The van der Waals surface area contributed by atoms with Crippen molar-refractivity contribution in [1.82, 2.24) is 15.2 Å². The largest absolute Gasteiger partial charge is 0.353 e. The molecule has 1 aliphatic carbocycles. The van der Waals surface area contributed by atoms with Crippen molar-refractivity contribution in [2.24, 2.45) is 5.92 Å². The fourth-order valence-electron chi connectivity index (χ4n) is 5.71. The number of nitrogens with zero attached hydrogens (tertiary/aromatic N) is 2. The number of imide groups is 1. The zero-order valence-corrected chi connectivity index (χ0v) is 23.5. The van der Waals surface area contributed by atoms with E-state index in [1.54, 1.807) is 0 Å². The summed E-state index contributed by atoms with van der Waals surface area (Å²) < 4.78 is 14.1. The third kappa shape index (κ3) is 8.88. The summed E-state index contributed by atoms with van der Waals surface area (Å²) in [4.78, 5) is 43.4. The van der Waals surface area contributed by atoms with Gasteiger partial charge in [-0.3, -0.25) is 24.3 Å². The summed E-state index contributed by atoms with van der Waals surface area (Å²) in [7, 11) is 0. The van der Waals surface area contributed by atoms with Gasteiger partial charge in [-0.05, 0) is 93.3 Å². The molecule has 2 heterocycles. The summed E-state index contributed by atoms with van der Waals surface area (Å²) in [5.41, 5.74) is 2.10. The second-order valence-electron chi connectivity index (χ2n) is 10.8. The highest BCUT2D eigenvalue weighted by Gasteiger charge is 2.31. The van der Waals surface area contributed by atoms with Crippen molar-refractivity contribution in [2.45, 2.75) is 89.1 Å². The summed E-state index contributed by atoms with van der Waals surface area (Å²) in [6.07, 6.45) is 11.6. The van der Waals surface area contributed by atoms with Gasteiger partial charge in [0.1, 0.15) is 5.82 Å². The van der Waals surface area contributed by atoms with Crippen LogP contribution in [0.2, 0.25) is 0 Å². The van der Waals surface area contributed by atoms with E-state index in [2.05, 4.69) is 34.6 Å². The van der Waals surface area contributed by atoms with Crippen LogP contribution in [0.4, 0.5) is 4.39 Å². The number of pyridine rings is 1. The van der Waals surface area contributed by atoms with Gasteiger partial charge < -0.3 is 5.32 Å². The Morgan fingerprint density at radius 1 is 1.03 bits per heavy atom. The van der Waals surface area contributed by atoms with Crippen LogP contribution in [-0.2, 0) is 22.4 Å². The highest BCUT2D eigenvalue weighted by Crippen LogP contribution is 2.28. The van der Waals surface area contributed by atoms with Gasteiger partial charge in [0.15, 0.2) is 0 Å². The van der Waals surface area contributed by atoms with Gasteiger partial charge >= 0.3 is 0 Å². The maximum Gasteiger partial charge on any atom is 0.262 e. The minimum Gasteiger partial charge on any atom is -0.353 e. The van der Waals surface area contributed by atoms with Crippen molar-refractivity contribution in [1.29, 1.82) is 0 Å². The number of carbonyl (C=O) groups is 3. The van der Waals surface area contributed by atoms with E-state index in [1.165, 1.54) is 16.5 Å². The zero-order valence-electron chi connectivity index (χ0n) is 22.7. The lowest BCUT2D eigenvalue weighted by molar-refractivity contribution is -0.123. The Kier molecular flexibility index (Phi) is 11.4. The fraction of sp³-hybridized carbons (Fsp3) is 0.548. The van der Waals surface area contributed by atoms with Crippen LogP contribution in [0.3, 0.4) is 0 Å². The molecule has 1 aromatic carbocycles. The highest BCUT2D eigenvalue weighted by molar-refractivity contribution is 7.99. The van der Waals surface area contributed by atoms with Crippen LogP contribution >= 0.6 is 11.8 Å². The highest BCUT2D eigenvalue weighted by atomic mass is 32.2. The minimum absolute atomic E-state index is 0.0530. The summed E-state index contributed by atoms with van der Waals surface area (Å²) in [5.74, 6) is 1.62. The van der Waals surface area contributed by atoms with E-state index < -0.39 is 11.7 Å². The monoisotopic (exact) mass is 553 g/mol. The van der Waals surface area contributed by atoms with Crippen LogP contribution in [-0.4, -0.2) is 51.7 Å². The average Bonchev–Trinajstić information content (AvgIpc) is 2.96. The quantitative estimate of drug-likeness (QED) is 0.268. The van der Waals surface area contributed by atoms with E-state index in [0.717, 1.165) is 56.2 Å². The average molecular weight is 554 g/mol. The number of nitrogens with one attached hydrogen (secondary N) is 1. The maximum atomic E-state index is 14.1. The first kappa shape index (κ1) is 29.2. The maximum absolute atomic E-state index is 14.1. The van der Waals surface area contributed by atoms with Crippen molar-refractivity contribution in [3.63, 3.8) is 0 Å². The number of amides is 3. The predicted molar refractivity (Wildman–Crippen MR) is 153 cm³/mol. The standard InChI is InChI=1S/C31H40FN3O3S/c32-25-20-28(29(33-21-25)19-24-15-17-39-18-16-24)31(38)35(22-36)27-13-11-26(12-14-27)34-30(37)10-6-2-5-9-23-7-3-1-4-8-23/h1,3-4,7-8,20-22,24,26-27H,2,5-6,9-19H2,(H,34,37). The van der Waals surface area contributed by atoms with Gasteiger partial charge in [0.05, 0.1) is 17.5 Å². The number of aryl methyl sites for hydroxylation is 1. The number of benzene rings is 1. The molecule has 210 valence electrons. The van der Waals surface area contributed by atoms with E-state index in [4.69, 9.17) is 0 Å². The SMILES string of the molecule is O=CN(C(=O)c1cc(F)cnc1CC1CCSCC1)C1CCC(NC(=O)CCCCCc2ccccc2)CC1. The summed E-state index contributed by atoms with van der Waals surface area (Å²) in [6, 6.07) is 11.4. The molecule has 39 heavy (non-hydrogen) atoms. The molecule has 1 N–H and O–H groups in total. The van der Waals surface area contributed by atoms with Crippen molar-refractivity contribution in [2.75, 3.05) is 11.5 Å². The number of unbranched alkanes of at least 4 members (excludes halogenated alkanes) is 2. The molecule has 6 nitrogen and oxygen atoms in total. The van der Waals surface area contributed by atoms with Gasteiger partial charge in [-0.1, -0.05) is 36.8 Å². The second kappa shape index (κ2) is 15.2. The molecular weight excluding hydrogens is 513 g/mol. The van der Waals surface area contributed by atoms with Crippen LogP contribution in [0.1, 0.15) is 85.8 Å². The number of carbonyl (C=O) groups excluding carboxylic acids is 3. The lowest BCUT2D eigenvalue weighted by Crippen LogP contribution is -2.46.